The summed E-state index contributed by atoms with van der Waals surface area (Å²) in [4.78, 5) is 23.8. The third kappa shape index (κ3) is 2.16. The number of carbonyl (C=O) groups excluding carboxylic acids is 2. The van der Waals surface area contributed by atoms with Crippen LogP contribution >= 0.6 is 12.4 Å². The normalized spacial score (nSPS) is 23.3. The first-order chi connectivity index (χ1) is 6.27. The maximum atomic E-state index is 11.3. The number of amides is 3. The molecule has 0 aromatic carbocycles. The van der Waals surface area contributed by atoms with Gasteiger partial charge in [0.1, 0.15) is 6.54 Å². The summed E-state index contributed by atoms with van der Waals surface area (Å²) >= 11 is 0. The quantitative estimate of drug-likeness (QED) is 0.596. The second kappa shape index (κ2) is 4.61. The van der Waals surface area contributed by atoms with Crippen molar-refractivity contribution >= 4 is 24.3 Å². The first-order valence-electron chi connectivity index (χ1n) is 4.58. The molecule has 2 N–H and O–H groups in total. The second-order valence-electron chi connectivity index (χ2n) is 3.46. The summed E-state index contributed by atoms with van der Waals surface area (Å²) in [5.41, 5.74) is 0. The first-order valence-corrected chi connectivity index (χ1v) is 4.58. The zero-order chi connectivity index (χ0) is 9.26. The van der Waals surface area contributed by atoms with Crippen molar-refractivity contribution < 1.29 is 9.59 Å². The molecular weight excluding hydrogens is 206 g/mol. The topological polar surface area (TPSA) is 61.4 Å². The van der Waals surface area contributed by atoms with Gasteiger partial charge in [-0.25, -0.2) is 4.79 Å². The summed E-state index contributed by atoms with van der Waals surface area (Å²) in [7, 11) is 0. The van der Waals surface area contributed by atoms with Crippen LogP contribution in [0.25, 0.3) is 0 Å². The van der Waals surface area contributed by atoms with Crippen LogP contribution in [-0.2, 0) is 4.79 Å². The monoisotopic (exact) mass is 219 g/mol. The lowest BCUT2D eigenvalue weighted by molar-refractivity contribution is -0.118. The first kappa shape index (κ1) is 11.3. The fourth-order valence-corrected chi connectivity index (χ4v) is 1.87. The van der Waals surface area contributed by atoms with Gasteiger partial charge in [-0.05, 0) is 25.9 Å². The number of urea groups is 1. The lowest BCUT2D eigenvalue weighted by Crippen LogP contribution is -2.44. The Kier molecular flexibility index (Phi) is 3.71. The zero-order valence-corrected chi connectivity index (χ0v) is 8.60. The molecule has 6 heteroatoms. The van der Waals surface area contributed by atoms with E-state index in [4.69, 9.17) is 0 Å². The number of rotatable bonds is 1. The van der Waals surface area contributed by atoms with Crippen molar-refractivity contribution in [2.24, 2.45) is 0 Å². The summed E-state index contributed by atoms with van der Waals surface area (Å²) in [6.45, 7) is 2.11. The van der Waals surface area contributed by atoms with Crippen LogP contribution in [0.2, 0.25) is 0 Å². The largest absolute Gasteiger partial charge is 0.324 e. The number of hydrogen-bond acceptors (Lipinski definition) is 3. The molecule has 0 aromatic rings. The third-order valence-corrected chi connectivity index (χ3v) is 2.57. The number of carbonyl (C=O) groups is 2. The molecule has 0 aliphatic carbocycles. The summed E-state index contributed by atoms with van der Waals surface area (Å²) in [5.74, 6) is -0.177. The summed E-state index contributed by atoms with van der Waals surface area (Å²) < 4.78 is 0. The predicted octanol–water partition coefficient (Wildman–Crippen LogP) is -0.288. The molecule has 2 fully saturated rings. The summed E-state index contributed by atoms with van der Waals surface area (Å²) in [6, 6.07) is 0.0181. The molecule has 2 aliphatic heterocycles. The van der Waals surface area contributed by atoms with Gasteiger partial charge in [-0.15, -0.1) is 12.4 Å². The molecule has 5 nitrogen and oxygen atoms in total. The number of nitrogens with zero attached hydrogens (tertiary/aromatic N) is 1. The molecule has 3 amide bonds. The second-order valence-corrected chi connectivity index (χ2v) is 3.46. The minimum Gasteiger partial charge on any atom is -0.317 e. The highest BCUT2D eigenvalue weighted by atomic mass is 35.5. The number of halogens is 1. The molecule has 2 rings (SSSR count). The minimum absolute atomic E-state index is 0. The van der Waals surface area contributed by atoms with Crippen molar-refractivity contribution in [2.75, 3.05) is 19.6 Å². The van der Waals surface area contributed by atoms with Crippen molar-refractivity contribution in [3.8, 4) is 0 Å². The van der Waals surface area contributed by atoms with Crippen LogP contribution in [0, 0.1) is 0 Å². The molecule has 0 aromatic heterocycles. The molecule has 0 unspecified atom stereocenters. The van der Waals surface area contributed by atoms with E-state index in [1.807, 2.05) is 0 Å². The maximum Gasteiger partial charge on any atom is 0.324 e. The van der Waals surface area contributed by atoms with E-state index in [0.29, 0.717) is 0 Å². The fraction of sp³-hybridized carbons (Fsp3) is 0.750. The van der Waals surface area contributed by atoms with Gasteiger partial charge >= 0.3 is 6.03 Å². The number of imide groups is 1. The van der Waals surface area contributed by atoms with Gasteiger partial charge in [-0.1, -0.05) is 0 Å². The van der Waals surface area contributed by atoms with Crippen LogP contribution < -0.4 is 10.6 Å². The molecule has 0 bridgehead atoms. The van der Waals surface area contributed by atoms with Crippen molar-refractivity contribution in [1.82, 2.24) is 15.5 Å². The molecule has 0 spiro atoms. The van der Waals surface area contributed by atoms with E-state index in [9.17, 15) is 9.59 Å². The van der Waals surface area contributed by atoms with E-state index >= 15 is 0 Å². The van der Waals surface area contributed by atoms with Gasteiger partial charge in [0.15, 0.2) is 0 Å². The Morgan fingerprint density at radius 3 is 2.36 bits per heavy atom. The minimum atomic E-state index is -0.225. The van der Waals surface area contributed by atoms with Gasteiger partial charge in [0.05, 0.1) is 0 Å². The highest BCUT2D eigenvalue weighted by Crippen LogP contribution is 2.14. The molecule has 0 saturated carbocycles. The van der Waals surface area contributed by atoms with E-state index < -0.39 is 0 Å². The molecule has 2 saturated heterocycles. The van der Waals surface area contributed by atoms with Crippen LogP contribution in [0.3, 0.4) is 0 Å². The van der Waals surface area contributed by atoms with Crippen molar-refractivity contribution in [1.29, 1.82) is 0 Å². The van der Waals surface area contributed by atoms with Gasteiger partial charge < -0.3 is 10.2 Å². The van der Waals surface area contributed by atoms with Crippen LogP contribution in [0.15, 0.2) is 0 Å². The van der Waals surface area contributed by atoms with Crippen molar-refractivity contribution in [3.05, 3.63) is 0 Å². The van der Waals surface area contributed by atoms with Crippen molar-refractivity contribution in [3.63, 3.8) is 0 Å². The van der Waals surface area contributed by atoms with Gasteiger partial charge in [-0.2, -0.15) is 0 Å². The molecule has 80 valence electrons. The Balaban J connectivity index is 0.000000980. The number of hydrogen-bond donors (Lipinski definition) is 2. The number of nitrogens with one attached hydrogen (secondary N) is 2. The molecule has 2 heterocycles. The van der Waals surface area contributed by atoms with E-state index in [-0.39, 0.29) is 36.9 Å². The van der Waals surface area contributed by atoms with Gasteiger partial charge in [0.2, 0.25) is 5.91 Å². The van der Waals surface area contributed by atoms with E-state index in [1.54, 1.807) is 4.90 Å². The third-order valence-electron chi connectivity index (χ3n) is 2.57. The van der Waals surface area contributed by atoms with Crippen LogP contribution in [0.4, 0.5) is 4.79 Å². The Labute approximate surface area is 88.6 Å². The zero-order valence-electron chi connectivity index (χ0n) is 7.78. The van der Waals surface area contributed by atoms with Crippen LogP contribution in [0.1, 0.15) is 12.8 Å². The Morgan fingerprint density at radius 1 is 1.21 bits per heavy atom. The lowest BCUT2D eigenvalue weighted by atomic mass is 10.1. The standard InChI is InChI=1S/C8H13N3O2.ClH/c12-7-5-11(8(13)10-7)6-1-3-9-4-2-6;/h6,9H,1-5H2,(H,10,12,13);1H. The fourth-order valence-electron chi connectivity index (χ4n) is 1.87. The highest BCUT2D eigenvalue weighted by Gasteiger charge is 2.32. The van der Waals surface area contributed by atoms with Gasteiger partial charge in [-0.3, -0.25) is 10.1 Å². The smallest absolute Gasteiger partial charge is 0.317 e. The molecular formula is C8H14ClN3O2. The Hall–Kier alpha value is -0.810. The van der Waals surface area contributed by atoms with Gasteiger partial charge in [0.25, 0.3) is 0 Å². The van der Waals surface area contributed by atoms with E-state index in [1.165, 1.54) is 0 Å². The molecule has 2 aliphatic rings. The maximum absolute atomic E-state index is 11.3. The van der Waals surface area contributed by atoms with Crippen molar-refractivity contribution in [2.45, 2.75) is 18.9 Å². The summed E-state index contributed by atoms with van der Waals surface area (Å²) in [5, 5.41) is 5.51. The molecule has 14 heavy (non-hydrogen) atoms. The average Bonchev–Trinajstić information content (AvgIpc) is 2.47. The van der Waals surface area contributed by atoms with E-state index in [2.05, 4.69) is 10.6 Å². The van der Waals surface area contributed by atoms with E-state index in [0.717, 1.165) is 25.9 Å². The Bertz CT molecular complexity index is 241. The highest BCUT2D eigenvalue weighted by molar-refractivity contribution is 6.02. The average molecular weight is 220 g/mol. The van der Waals surface area contributed by atoms with Gasteiger partial charge in [0, 0.05) is 6.04 Å². The lowest BCUT2D eigenvalue weighted by Gasteiger charge is -2.29. The van der Waals surface area contributed by atoms with Crippen LogP contribution in [0.5, 0.6) is 0 Å². The molecule has 0 radical (unpaired) electrons. The molecule has 0 atom stereocenters. The SMILES string of the molecule is Cl.O=C1CN(C2CCNCC2)C(=O)N1. The Morgan fingerprint density at radius 2 is 1.86 bits per heavy atom. The predicted molar refractivity (Wildman–Crippen MR) is 53.4 cm³/mol. The van der Waals surface area contributed by atoms with Crippen LogP contribution in [-0.4, -0.2) is 42.5 Å². The summed E-state index contributed by atoms with van der Waals surface area (Å²) in [6.07, 6.45) is 1.89. The number of piperidine rings is 1.